The third-order valence-corrected chi connectivity index (χ3v) is 5.74. The van der Waals surface area contributed by atoms with Crippen LogP contribution in [0.25, 0.3) is 0 Å². The van der Waals surface area contributed by atoms with Gasteiger partial charge in [0.15, 0.2) is 4.32 Å². The van der Waals surface area contributed by atoms with Crippen molar-refractivity contribution in [2.45, 2.75) is 20.5 Å². The number of rotatable bonds is 8. The minimum Gasteiger partial charge on any atom is -0.489 e. The summed E-state index contributed by atoms with van der Waals surface area (Å²) in [6.45, 7) is 7.88. The molecule has 0 atom stereocenters. The van der Waals surface area contributed by atoms with Crippen LogP contribution in [-0.4, -0.2) is 10.7 Å². The van der Waals surface area contributed by atoms with Crippen LogP contribution in [0.2, 0.25) is 10.0 Å². The molecule has 0 aliphatic heterocycles. The smallest absolute Gasteiger partial charge is 0.219 e. The van der Waals surface area contributed by atoms with Gasteiger partial charge in [-0.15, -0.1) is 0 Å². The van der Waals surface area contributed by atoms with Crippen LogP contribution >= 0.6 is 47.2 Å². The van der Waals surface area contributed by atoms with Gasteiger partial charge in [-0.1, -0.05) is 83.6 Å². The van der Waals surface area contributed by atoms with E-state index in [4.69, 9.17) is 40.2 Å². The van der Waals surface area contributed by atoms with E-state index in [0.29, 0.717) is 26.5 Å². The lowest BCUT2D eigenvalue weighted by atomic mass is 10.2. The summed E-state index contributed by atoms with van der Waals surface area (Å²) in [7, 11) is 0. The molecule has 1 amide bonds. The highest BCUT2D eigenvalue weighted by atomic mass is 35.5. The molecule has 2 rings (SSSR count). The number of ether oxygens (including phenoxy) is 1. The highest BCUT2D eigenvalue weighted by Gasteiger charge is 2.13. The predicted octanol–water partition coefficient (Wildman–Crippen LogP) is 7.47. The number of thiocarbonyl (C=S) groups is 1. The van der Waals surface area contributed by atoms with E-state index in [1.165, 1.54) is 16.7 Å². The van der Waals surface area contributed by atoms with E-state index >= 15 is 0 Å². The Morgan fingerprint density at radius 3 is 2.53 bits per heavy atom. The lowest BCUT2D eigenvalue weighted by Gasteiger charge is -2.18. The summed E-state index contributed by atoms with van der Waals surface area (Å²) < 4.78 is 6.29. The molecule has 0 radical (unpaired) electrons. The van der Waals surface area contributed by atoms with Gasteiger partial charge in [-0.05, 0) is 55.2 Å². The number of anilines is 1. The number of halogens is 2. The van der Waals surface area contributed by atoms with Crippen LogP contribution in [0.1, 0.15) is 18.1 Å². The van der Waals surface area contributed by atoms with Crippen molar-refractivity contribution in [3.05, 3.63) is 99.1 Å². The number of allylic oxidation sites excluding steroid dienone is 4. The molecule has 2 aromatic carbocycles. The second-order valence-electron chi connectivity index (χ2n) is 6.26. The number of aryl methyl sites for hydroxylation is 1. The molecule has 156 valence electrons. The highest BCUT2D eigenvalue weighted by Crippen LogP contribution is 2.26. The molecule has 0 aliphatic rings. The fourth-order valence-electron chi connectivity index (χ4n) is 2.39. The number of hydrogen-bond acceptors (Lipinski definition) is 4. The maximum absolute atomic E-state index is 11.6. The van der Waals surface area contributed by atoms with Crippen LogP contribution in [0, 0.1) is 6.92 Å². The van der Waals surface area contributed by atoms with E-state index in [0.717, 1.165) is 21.7 Å². The first kappa shape index (κ1) is 24.2. The quantitative estimate of drug-likeness (QED) is 0.170. The molecule has 0 aromatic heterocycles. The average molecular weight is 478 g/mol. The van der Waals surface area contributed by atoms with Crippen LogP contribution in [-0.2, 0) is 16.1 Å². The fraction of sp³-hybridized carbons (Fsp3) is 0.130. The molecule has 3 nitrogen and oxygen atoms in total. The Bertz CT molecular complexity index is 985. The van der Waals surface area contributed by atoms with Crippen molar-refractivity contribution in [2.75, 3.05) is 4.90 Å². The summed E-state index contributed by atoms with van der Waals surface area (Å²) >= 11 is 18.9. The van der Waals surface area contributed by atoms with Gasteiger partial charge in [0.25, 0.3) is 0 Å². The van der Waals surface area contributed by atoms with Gasteiger partial charge in [0.2, 0.25) is 6.41 Å². The molecule has 0 fully saturated rings. The van der Waals surface area contributed by atoms with Crippen molar-refractivity contribution < 1.29 is 9.53 Å². The van der Waals surface area contributed by atoms with Crippen LogP contribution in [0.5, 0.6) is 0 Å². The minimum absolute atomic E-state index is 0.276. The summed E-state index contributed by atoms with van der Waals surface area (Å²) in [6, 6.07) is 12.8. The van der Waals surface area contributed by atoms with Gasteiger partial charge in [-0.3, -0.25) is 9.69 Å². The van der Waals surface area contributed by atoms with E-state index < -0.39 is 0 Å². The molecule has 0 bridgehead atoms. The third kappa shape index (κ3) is 7.33. The Morgan fingerprint density at radius 1 is 1.23 bits per heavy atom. The number of thioether (sulfide) groups is 1. The molecule has 0 saturated carbocycles. The summed E-state index contributed by atoms with van der Waals surface area (Å²) in [5.74, 6) is 0.594. The molecular formula is C23H21Cl2NO2S2. The molecule has 0 aliphatic carbocycles. The van der Waals surface area contributed by atoms with Crippen LogP contribution in [0.15, 0.2) is 77.9 Å². The Morgan fingerprint density at radius 2 is 1.93 bits per heavy atom. The van der Waals surface area contributed by atoms with Crippen molar-refractivity contribution in [1.82, 2.24) is 0 Å². The molecule has 7 heteroatoms. The molecule has 2 aromatic rings. The minimum atomic E-state index is 0.276. The summed E-state index contributed by atoms with van der Waals surface area (Å²) in [4.78, 5) is 13.9. The molecule has 0 saturated heterocycles. The number of nitrogens with zero attached hydrogens (tertiary/aromatic N) is 1. The second kappa shape index (κ2) is 12.0. The van der Waals surface area contributed by atoms with E-state index in [2.05, 4.69) is 6.58 Å². The summed E-state index contributed by atoms with van der Waals surface area (Å²) in [5, 5.41) is 1.11. The molecule has 0 spiro atoms. The summed E-state index contributed by atoms with van der Waals surface area (Å²) in [5.41, 5.74) is 2.64. The second-order valence-corrected chi connectivity index (χ2v) is 8.99. The van der Waals surface area contributed by atoms with Gasteiger partial charge in [0.1, 0.15) is 12.4 Å². The van der Waals surface area contributed by atoms with Crippen molar-refractivity contribution >= 4 is 63.6 Å². The predicted molar refractivity (Wildman–Crippen MR) is 133 cm³/mol. The summed E-state index contributed by atoms with van der Waals surface area (Å²) in [6.07, 6.45) is 5.93. The fourth-order valence-corrected chi connectivity index (χ4v) is 4.09. The Labute approximate surface area is 197 Å². The SMILES string of the molecule is C=C/C=C(/C=C(\C)SC(=S)N(C=O)c1ccc(C)cc1)OCc1ccc(Cl)cc1Cl. The van der Waals surface area contributed by atoms with Crippen molar-refractivity contribution in [3.8, 4) is 0 Å². The molecule has 0 unspecified atom stereocenters. The zero-order valence-electron chi connectivity index (χ0n) is 16.6. The highest BCUT2D eigenvalue weighted by molar-refractivity contribution is 8.25. The Balaban J connectivity index is 2.08. The number of amides is 1. The number of hydrogen-bond donors (Lipinski definition) is 0. The van der Waals surface area contributed by atoms with Crippen LogP contribution in [0.4, 0.5) is 5.69 Å². The van der Waals surface area contributed by atoms with E-state index in [1.54, 1.807) is 24.3 Å². The normalized spacial score (nSPS) is 11.7. The lowest BCUT2D eigenvalue weighted by molar-refractivity contribution is -0.106. The van der Waals surface area contributed by atoms with Gasteiger partial charge in [-0.25, -0.2) is 0 Å². The van der Waals surface area contributed by atoms with Gasteiger partial charge >= 0.3 is 0 Å². The molecule has 0 heterocycles. The van der Waals surface area contributed by atoms with Crippen LogP contribution < -0.4 is 4.90 Å². The van der Waals surface area contributed by atoms with Gasteiger partial charge in [-0.2, -0.15) is 0 Å². The number of benzene rings is 2. The topological polar surface area (TPSA) is 29.5 Å². The number of carbonyl (C=O) groups is 1. The maximum Gasteiger partial charge on any atom is 0.219 e. The maximum atomic E-state index is 11.6. The zero-order chi connectivity index (χ0) is 22.1. The molecule has 0 N–H and O–H groups in total. The van der Waals surface area contributed by atoms with Crippen molar-refractivity contribution in [2.24, 2.45) is 0 Å². The van der Waals surface area contributed by atoms with Gasteiger partial charge in [0, 0.05) is 21.3 Å². The standard InChI is InChI=1S/C23H21Cl2NO2S2/c1-4-5-21(28-14-18-8-9-19(24)13-22(18)25)12-17(3)30-23(29)26(15-27)20-10-6-16(2)7-11-20/h4-13,15H,1,14H2,2-3H3/b17-12+,21-5-. The first-order chi connectivity index (χ1) is 14.3. The van der Waals surface area contributed by atoms with E-state index in [1.807, 2.05) is 50.3 Å². The lowest BCUT2D eigenvalue weighted by Crippen LogP contribution is -2.25. The molecule has 30 heavy (non-hydrogen) atoms. The largest absolute Gasteiger partial charge is 0.489 e. The van der Waals surface area contributed by atoms with Crippen molar-refractivity contribution in [1.29, 1.82) is 0 Å². The van der Waals surface area contributed by atoms with E-state index in [-0.39, 0.29) is 6.61 Å². The van der Waals surface area contributed by atoms with Crippen LogP contribution in [0.3, 0.4) is 0 Å². The third-order valence-electron chi connectivity index (χ3n) is 3.90. The monoisotopic (exact) mass is 477 g/mol. The zero-order valence-corrected chi connectivity index (χ0v) is 19.7. The molecular weight excluding hydrogens is 457 g/mol. The first-order valence-electron chi connectivity index (χ1n) is 8.94. The number of carbonyl (C=O) groups excluding carboxylic acids is 1. The van der Waals surface area contributed by atoms with Gasteiger partial charge < -0.3 is 4.74 Å². The van der Waals surface area contributed by atoms with E-state index in [9.17, 15) is 4.79 Å². The van der Waals surface area contributed by atoms with Crippen molar-refractivity contribution in [3.63, 3.8) is 0 Å². The van der Waals surface area contributed by atoms with Gasteiger partial charge in [0.05, 0.1) is 0 Å². The Hall–Kier alpha value is -2.05. The average Bonchev–Trinajstić information content (AvgIpc) is 2.69. The first-order valence-corrected chi connectivity index (χ1v) is 10.9. The Kier molecular flexibility index (Phi) is 9.66.